The fourth-order valence-electron chi connectivity index (χ4n) is 4.16. The fourth-order valence-corrected chi connectivity index (χ4v) is 4.16. The molecule has 3 N–H and O–H groups in total. The Morgan fingerprint density at radius 3 is 2.24 bits per heavy atom. The van der Waals surface area contributed by atoms with Gasteiger partial charge in [0.1, 0.15) is 23.0 Å². The molecule has 2 aromatic rings. The van der Waals surface area contributed by atoms with Gasteiger partial charge in [-0.05, 0) is 81.3 Å². The summed E-state index contributed by atoms with van der Waals surface area (Å²) in [5.74, 6) is -1.66. The number of phenolic OH excluding ortho intramolecular Hbond substituents is 1. The van der Waals surface area contributed by atoms with Crippen LogP contribution < -0.4 is 10.6 Å². The van der Waals surface area contributed by atoms with Crippen LogP contribution in [0.2, 0.25) is 0 Å². The number of hydrogen-bond acceptors (Lipinski definition) is 7. The number of rotatable bonds is 10. The van der Waals surface area contributed by atoms with Gasteiger partial charge >= 0.3 is 12.2 Å². The van der Waals surface area contributed by atoms with E-state index < -0.39 is 46.8 Å². The molecule has 1 aliphatic rings. The van der Waals surface area contributed by atoms with E-state index in [1.54, 1.807) is 32.9 Å². The van der Waals surface area contributed by atoms with Crippen molar-refractivity contribution >= 4 is 24.0 Å². The normalized spacial score (nSPS) is 15.4. The molecule has 0 aromatic heterocycles. The van der Waals surface area contributed by atoms with Crippen molar-refractivity contribution in [3.63, 3.8) is 0 Å². The number of cyclic esters (lactones) is 1. The number of carbonyl (C=O) groups excluding carboxylic acids is 4. The standard InChI is InChI=1S/C26H37F2N3O6.C7H8O/c1-7-16(10-17-12-18(27)8-9-19(17)28)11-21(32)29-14-26(5,6)15-30-22(33)20-13-31(23(34)36-20)24(35)37-25(2,3)4;1-6-2-4-7(8)5-3-6/h8-9,12,16,20H,7,10-11,13-15H2,1-6H3,(H,29,32)(H,30,33);2-5,8H,1H3/t16?,20-;/m0./s1. The number of halogens is 2. The molecule has 1 saturated heterocycles. The second kappa shape index (κ2) is 16.2. The maximum absolute atomic E-state index is 14.0. The number of hydrogen-bond donors (Lipinski definition) is 3. The topological polar surface area (TPSA) is 134 Å². The summed E-state index contributed by atoms with van der Waals surface area (Å²) in [5, 5.41) is 14.3. The third-order valence-corrected chi connectivity index (χ3v) is 6.83. The average molecular weight is 634 g/mol. The van der Waals surface area contributed by atoms with E-state index in [0.717, 1.165) is 23.1 Å². The van der Waals surface area contributed by atoms with E-state index in [9.17, 15) is 28.0 Å². The van der Waals surface area contributed by atoms with Gasteiger partial charge in [-0.1, -0.05) is 44.9 Å². The number of carbonyl (C=O) groups is 4. The van der Waals surface area contributed by atoms with Gasteiger partial charge in [0.2, 0.25) is 5.91 Å². The van der Waals surface area contributed by atoms with Crippen LogP contribution in [-0.4, -0.2) is 65.3 Å². The highest BCUT2D eigenvalue weighted by Crippen LogP contribution is 2.21. The van der Waals surface area contributed by atoms with Crippen molar-refractivity contribution in [2.75, 3.05) is 19.6 Å². The Morgan fingerprint density at radius 2 is 1.67 bits per heavy atom. The molecule has 1 heterocycles. The molecule has 1 unspecified atom stereocenters. The zero-order valence-corrected chi connectivity index (χ0v) is 27.0. The van der Waals surface area contributed by atoms with E-state index in [2.05, 4.69) is 10.6 Å². The van der Waals surface area contributed by atoms with Gasteiger partial charge in [-0.15, -0.1) is 0 Å². The van der Waals surface area contributed by atoms with Crippen LogP contribution in [0.15, 0.2) is 42.5 Å². The molecular formula is C33H45F2N3O7. The summed E-state index contributed by atoms with van der Waals surface area (Å²) in [6.45, 7) is 12.7. The summed E-state index contributed by atoms with van der Waals surface area (Å²) in [4.78, 5) is 49.9. The number of nitrogens with one attached hydrogen (secondary N) is 2. The Balaban J connectivity index is 0.000000761. The van der Waals surface area contributed by atoms with E-state index >= 15 is 0 Å². The number of imide groups is 1. The Bertz CT molecular complexity index is 1310. The monoisotopic (exact) mass is 633 g/mol. The van der Waals surface area contributed by atoms with Gasteiger partial charge in [0.15, 0.2) is 6.10 Å². The van der Waals surface area contributed by atoms with Gasteiger partial charge in [-0.25, -0.2) is 23.3 Å². The molecule has 4 amide bonds. The lowest BCUT2D eigenvalue weighted by Gasteiger charge is -2.26. The number of ether oxygens (including phenoxy) is 2. The quantitative estimate of drug-likeness (QED) is 0.308. The SMILES string of the molecule is CCC(CC(=O)NCC(C)(C)CNC(=O)[C@@H]1CN(C(=O)OC(C)(C)C)C(=O)O1)Cc1cc(F)ccc1F.Cc1ccc(O)cc1. The molecule has 0 radical (unpaired) electrons. The molecule has 12 heteroatoms. The average Bonchev–Trinajstić information content (AvgIpc) is 3.35. The minimum Gasteiger partial charge on any atom is -0.508 e. The molecule has 0 aliphatic carbocycles. The van der Waals surface area contributed by atoms with E-state index in [-0.39, 0.29) is 49.9 Å². The van der Waals surface area contributed by atoms with Crippen molar-refractivity contribution in [2.24, 2.45) is 11.3 Å². The second-order valence-electron chi connectivity index (χ2n) is 12.9. The molecule has 45 heavy (non-hydrogen) atoms. The summed E-state index contributed by atoms with van der Waals surface area (Å²) in [7, 11) is 0. The zero-order chi connectivity index (χ0) is 33.9. The van der Waals surface area contributed by atoms with Crippen LogP contribution in [0.5, 0.6) is 5.75 Å². The van der Waals surface area contributed by atoms with Crippen molar-refractivity contribution in [3.05, 3.63) is 65.2 Å². The Labute approximate surface area is 263 Å². The van der Waals surface area contributed by atoms with Gasteiger partial charge in [0.05, 0.1) is 6.54 Å². The van der Waals surface area contributed by atoms with Crippen molar-refractivity contribution in [1.82, 2.24) is 15.5 Å². The van der Waals surface area contributed by atoms with Gasteiger partial charge in [-0.3, -0.25) is 9.59 Å². The van der Waals surface area contributed by atoms with Crippen molar-refractivity contribution in [1.29, 1.82) is 0 Å². The smallest absolute Gasteiger partial charge is 0.420 e. The van der Waals surface area contributed by atoms with Crippen LogP contribution in [0, 0.1) is 29.9 Å². The number of aromatic hydroxyl groups is 1. The minimum atomic E-state index is -1.17. The highest BCUT2D eigenvalue weighted by molar-refractivity contribution is 5.94. The number of benzene rings is 2. The van der Waals surface area contributed by atoms with E-state index in [4.69, 9.17) is 14.6 Å². The Kier molecular flexibility index (Phi) is 13.3. The molecule has 1 fully saturated rings. The summed E-state index contributed by atoms with van der Waals surface area (Å²) >= 11 is 0. The minimum absolute atomic E-state index is 0.146. The third kappa shape index (κ3) is 13.1. The lowest BCUT2D eigenvalue weighted by atomic mass is 9.91. The van der Waals surface area contributed by atoms with Crippen LogP contribution in [0.3, 0.4) is 0 Å². The van der Waals surface area contributed by atoms with Gasteiger partial charge < -0.3 is 25.2 Å². The summed E-state index contributed by atoms with van der Waals surface area (Å²) < 4.78 is 37.6. The second-order valence-corrected chi connectivity index (χ2v) is 12.9. The summed E-state index contributed by atoms with van der Waals surface area (Å²) in [6.07, 6.45) is -2.01. The van der Waals surface area contributed by atoms with Crippen LogP contribution >= 0.6 is 0 Å². The molecule has 1 aliphatic heterocycles. The number of aryl methyl sites for hydroxylation is 1. The van der Waals surface area contributed by atoms with E-state index in [1.165, 1.54) is 5.56 Å². The molecule has 0 saturated carbocycles. The van der Waals surface area contributed by atoms with Crippen LogP contribution in [0.25, 0.3) is 0 Å². The molecule has 2 atom stereocenters. The molecule has 248 valence electrons. The van der Waals surface area contributed by atoms with Crippen LogP contribution in [-0.2, 0) is 25.5 Å². The number of amides is 4. The molecular weight excluding hydrogens is 588 g/mol. The summed E-state index contributed by atoms with van der Waals surface area (Å²) in [5.41, 5.74) is 0.0528. The molecule has 3 rings (SSSR count). The van der Waals surface area contributed by atoms with E-state index in [1.807, 2.05) is 39.8 Å². The number of nitrogens with zero attached hydrogens (tertiary/aromatic N) is 1. The first-order valence-electron chi connectivity index (χ1n) is 14.8. The van der Waals surface area contributed by atoms with Gasteiger partial charge in [-0.2, -0.15) is 0 Å². The highest BCUT2D eigenvalue weighted by atomic mass is 19.1. The summed E-state index contributed by atoms with van der Waals surface area (Å²) in [6, 6.07) is 10.4. The van der Waals surface area contributed by atoms with Crippen LogP contribution in [0.1, 0.15) is 65.5 Å². The molecule has 0 bridgehead atoms. The van der Waals surface area contributed by atoms with Gasteiger partial charge in [0, 0.05) is 19.5 Å². The zero-order valence-electron chi connectivity index (χ0n) is 27.0. The lowest BCUT2D eigenvalue weighted by Crippen LogP contribution is -2.46. The maximum Gasteiger partial charge on any atom is 0.420 e. The first-order chi connectivity index (χ1) is 20.9. The lowest BCUT2D eigenvalue weighted by molar-refractivity contribution is -0.128. The Hall–Kier alpha value is -4.22. The number of phenols is 1. The largest absolute Gasteiger partial charge is 0.508 e. The maximum atomic E-state index is 14.0. The molecule has 10 nitrogen and oxygen atoms in total. The first-order valence-corrected chi connectivity index (χ1v) is 14.8. The highest BCUT2D eigenvalue weighted by Gasteiger charge is 2.42. The predicted molar refractivity (Wildman–Crippen MR) is 164 cm³/mol. The molecule has 0 spiro atoms. The van der Waals surface area contributed by atoms with Crippen LogP contribution in [0.4, 0.5) is 18.4 Å². The fraction of sp³-hybridized carbons (Fsp3) is 0.515. The van der Waals surface area contributed by atoms with E-state index in [0.29, 0.717) is 12.2 Å². The Morgan fingerprint density at radius 1 is 1.04 bits per heavy atom. The van der Waals surface area contributed by atoms with Gasteiger partial charge in [0.25, 0.3) is 5.91 Å². The third-order valence-electron chi connectivity index (χ3n) is 6.83. The van der Waals surface area contributed by atoms with Crippen molar-refractivity contribution in [3.8, 4) is 5.75 Å². The van der Waals surface area contributed by atoms with Crippen molar-refractivity contribution < 1.29 is 42.5 Å². The van der Waals surface area contributed by atoms with Crippen molar-refractivity contribution in [2.45, 2.75) is 79.4 Å². The predicted octanol–water partition coefficient (Wildman–Crippen LogP) is 5.64. The first kappa shape index (κ1) is 37.0. The molecule has 2 aromatic carbocycles.